The highest BCUT2D eigenvalue weighted by molar-refractivity contribution is 7.90. The molecule has 0 aromatic heterocycles. The van der Waals surface area contributed by atoms with Crippen molar-refractivity contribution in [2.24, 2.45) is 0 Å². The standard InChI is InChI=1S/C12H18N2O4S/c1-9(8-19(3,17)18)13-10(2)11-5-4-6-12(7-11)14(15)16/h4-7,9-10,13H,8H2,1-3H3. The van der Waals surface area contributed by atoms with Crippen molar-refractivity contribution < 1.29 is 13.3 Å². The second-order valence-electron chi connectivity index (χ2n) is 4.73. The first kappa shape index (κ1) is 15.6. The largest absolute Gasteiger partial charge is 0.307 e. The summed E-state index contributed by atoms with van der Waals surface area (Å²) in [6.07, 6.45) is 1.18. The molecule has 2 unspecified atom stereocenters. The summed E-state index contributed by atoms with van der Waals surface area (Å²) >= 11 is 0. The van der Waals surface area contributed by atoms with Crippen LogP contribution in [0.4, 0.5) is 5.69 Å². The van der Waals surface area contributed by atoms with Crippen LogP contribution in [0.2, 0.25) is 0 Å². The number of nitro groups is 1. The molecule has 0 radical (unpaired) electrons. The van der Waals surface area contributed by atoms with Crippen molar-refractivity contribution in [3.63, 3.8) is 0 Å². The van der Waals surface area contributed by atoms with Crippen molar-refractivity contribution in [2.45, 2.75) is 25.9 Å². The van der Waals surface area contributed by atoms with Gasteiger partial charge in [0.25, 0.3) is 5.69 Å². The first-order valence-corrected chi connectivity index (χ1v) is 7.93. The predicted molar refractivity (Wildman–Crippen MR) is 73.8 cm³/mol. The van der Waals surface area contributed by atoms with Crippen LogP contribution in [0.3, 0.4) is 0 Å². The summed E-state index contributed by atoms with van der Waals surface area (Å²) < 4.78 is 22.3. The van der Waals surface area contributed by atoms with Gasteiger partial charge in [-0.1, -0.05) is 12.1 Å². The Kier molecular flexibility index (Phi) is 5.02. The van der Waals surface area contributed by atoms with Gasteiger partial charge in [-0.25, -0.2) is 8.42 Å². The Balaban J connectivity index is 2.75. The third-order valence-corrected chi connectivity index (χ3v) is 3.77. The Labute approximate surface area is 112 Å². The van der Waals surface area contributed by atoms with E-state index >= 15 is 0 Å². The first-order valence-electron chi connectivity index (χ1n) is 5.87. The molecule has 0 heterocycles. The molecule has 7 heteroatoms. The van der Waals surface area contributed by atoms with Gasteiger partial charge in [0.15, 0.2) is 0 Å². The first-order chi connectivity index (χ1) is 8.69. The van der Waals surface area contributed by atoms with E-state index in [4.69, 9.17) is 0 Å². The molecule has 0 bridgehead atoms. The van der Waals surface area contributed by atoms with Crippen LogP contribution < -0.4 is 5.32 Å². The van der Waals surface area contributed by atoms with Gasteiger partial charge in [0.1, 0.15) is 9.84 Å². The summed E-state index contributed by atoms with van der Waals surface area (Å²) in [6, 6.07) is 5.94. The van der Waals surface area contributed by atoms with Crippen molar-refractivity contribution >= 4 is 15.5 Å². The normalized spacial score (nSPS) is 14.9. The summed E-state index contributed by atoms with van der Waals surface area (Å²) in [7, 11) is -3.04. The summed E-state index contributed by atoms with van der Waals surface area (Å²) in [5.41, 5.74) is 0.788. The molecule has 19 heavy (non-hydrogen) atoms. The Morgan fingerprint density at radius 3 is 2.53 bits per heavy atom. The number of nitrogens with one attached hydrogen (secondary N) is 1. The summed E-state index contributed by atoms with van der Waals surface area (Å²) in [5.74, 6) is 0.0340. The van der Waals surface area contributed by atoms with Crippen LogP contribution >= 0.6 is 0 Å². The van der Waals surface area contributed by atoms with E-state index in [1.807, 2.05) is 6.92 Å². The zero-order valence-electron chi connectivity index (χ0n) is 11.2. The molecule has 1 aromatic rings. The van der Waals surface area contributed by atoms with Crippen LogP contribution in [0, 0.1) is 10.1 Å². The van der Waals surface area contributed by atoms with Gasteiger partial charge in [0.2, 0.25) is 0 Å². The number of sulfone groups is 1. The maximum absolute atomic E-state index is 11.2. The minimum atomic E-state index is -3.04. The van der Waals surface area contributed by atoms with E-state index in [1.54, 1.807) is 19.1 Å². The molecule has 0 spiro atoms. The van der Waals surface area contributed by atoms with Crippen molar-refractivity contribution in [3.05, 3.63) is 39.9 Å². The van der Waals surface area contributed by atoms with E-state index < -0.39 is 14.8 Å². The van der Waals surface area contributed by atoms with Crippen LogP contribution in [0.1, 0.15) is 25.5 Å². The lowest BCUT2D eigenvalue weighted by atomic mass is 10.1. The van der Waals surface area contributed by atoms with Gasteiger partial charge >= 0.3 is 0 Å². The van der Waals surface area contributed by atoms with E-state index in [0.717, 1.165) is 5.56 Å². The third-order valence-electron chi connectivity index (χ3n) is 2.67. The lowest BCUT2D eigenvalue weighted by Gasteiger charge is -2.19. The fourth-order valence-electron chi connectivity index (χ4n) is 1.93. The summed E-state index contributed by atoms with van der Waals surface area (Å²) in [5, 5.41) is 13.8. The molecule has 0 saturated carbocycles. The maximum Gasteiger partial charge on any atom is 0.269 e. The SMILES string of the molecule is CC(CS(C)(=O)=O)NC(C)c1cccc([N+](=O)[O-])c1. The molecule has 0 aliphatic rings. The fourth-order valence-corrected chi connectivity index (χ4v) is 2.94. The van der Waals surface area contributed by atoms with E-state index in [1.165, 1.54) is 18.4 Å². The van der Waals surface area contributed by atoms with Crippen LogP contribution in [-0.2, 0) is 9.84 Å². The molecular weight excluding hydrogens is 268 g/mol. The van der Waals surface area contributed by atoms with Crippen molar-refractivity contribution in [2.75, 3.05) is 12.0 Å². The van der Waals surface area contributed by atoms with E-state index in [9.17, 15) is 18.5 Å². The number of nitro benzene ring substituents is 1. The fraction of sp³-hybridized carbons (Fsp3) is 0.500. The van der Waals surface area contributed by atoms with Crippen molar-refractivity contribution in [1.29, 1.82) is 0 Å². The molecule has 0 aliphatic carbocycles. The lowest BCUT2D eigenvalue weighted by Crippen LogP contribution is -2.34. The minimum Gasteiger partial charge on any atom is -0.307 e. The van der Waals surface area contributed by atoms with Crippen LogP contribution in [0.25, 0.3) is 0 Å². The minimum absolute atomic E-state index is 0.0296. The number of hydrogen-bond acceptors (Lipinski definition) is 5. The van der Waals surface area contributed by atoms with Crippen LogP contribution in [0.15, 0.2) is 24.3 Å². The van der Waals surface area contributed by atoms with Gasteiger partial charge in [-0.3, -0.25) is 10.1 Å². The quantitative estimate of drug-likeness (QED) is 0.634. The monoisotopic (exact) mass is 286 g/mol. The molecule has 0 fully saturated rings. The zero-order chi connectivity index (χ0) is 14.6. The number of nitrogens with zero attached hydrogens (tertiary/aromatic N) is 1. The molecule has 1 aromatic carbocycles. The molecule has 0 amide bonds. The molecule has 0 saturated heterocycles. The zero-order valence-corrected chi connectivity index (χ0v) is 12.0. The van der Waals surface area contributed by atoms with Crippen LogP contribution in [0.5, 0.6) is 0 Å². The maximum atomic E-state index is 11.2. The molecule has 1 N–H and O–H groups in total. The van der Waals surface area contributed by atoms with Gasteiger partial charge in [0.05, 0.1) is 10.7 Å². The van der Waals surface area contributed by atoms with Gasteiger partial charge in [-0.2, -0.15) is 0 Å². The highest BCUT2D eigenvalue weighted by atomic mass is 32.2. The molecule has 6 nitrogen and oxygen atoms in total. The van der Waals surface area contributed by atoms with Crippen molar-refractivity contribution in [1.82, 2.24) is 5.32 Å². The lowest BCUT2D eigenvalue weighted by molar-refractivity contribution is -0.384. The highest BCUT2D eigenvalue weighted by Gasteiger charge is 2.15. The Hall–Kier alpha value is -1.47. The molecule has 0 aliphatic heterocycles. The topological polar surface area (TPSA) is 89.3 Å². The molecule has 2 atom stereocenters. The van der Waals surface area contributed by atoms with Gasteiger partial charge in [-0.05, 0) is 19.4 Å². The van der Waals surface area contributed by atoms with Gasteiger partial charge in [0, 0.05) is 30.5 Å². The van der Waals surface area contributed by atoms with E-state index in [-0.39, 0.29) is 23.5 Å². The molecule has 1 rings (SSSR count). The van der Waals surface area contributed by atoms with E-state index in [2.05, 4.69) is 5.32 Å². The van der Waals surface area contributed by atoms with E-state index in [0.29, 0.717) is 0 Å². The van der Waals surface area contributed by atoms with Crippen LogP contribution in [-0.4, -0.2) is 31.4 Å². The third kappa shape index (κ3) is 5.35. The summed E-state index contributed by atoms with van der Waals surface area (Å²) in [6.45, 7) is 3.62. The smallest absolute Gasteiger partial charge is 0.269 e. The number of non-ortho nitro benzene ring substituents is 1. The average Bonchev–Trinajstić information content (AvgIpc) is 2.26. The van der Waals surface area contributed by atoms with Crippen molar-refractivity contribution in [3.8, 4) is 0 Å². The molecule has 106 valence electrons. The Bertz CT molecular complexity index is 557. The van der Waals surface area contributed by atoms with Gasteiger partial charge in [-0.15, -0.1) is 0 Å². The summed E-state index contributed by atoms with van der Waals surface area (Å²) in [4.78, 5) is 10.2. The Morgan fingerprint density at radius 2 is 2.00 bits per heavy atom. The van der Waals surface area contributed by atoms with Gasteiger partial charge < -0.3 is 5.32 Å². The second kappa shape index (κ2) is 6.12. The number of hydrogen-bond donors (Lipinski definition) is 1. The highest BCUT2D eigenvalue weighted by Crippen LogP contribution is 2.19. The average molecular weight is 286 g/mol. The number of rotatable bonds is 6. The second-order valence-corrected chi connectivity index (χ2v) is 6.92. The Morgan fingerprint density at radius 1 is 1.37 bits per heavy atom. The predicted octanol–water partition coefficient (Wildman–Crippen LogP) is 1.68. The number of benzene rings is 1. The molecular formula is C12H18N2O4S.